The summed E-state index contributed by atoms with van der Waals surface area (Å²) in [6.45, 7) is 2.80. The van der Waals surface area contributed by atoms with Gasteiger partial charge in [0.1, 0.15) is 5.82 Å². The predicted molar refractivity (Wildman–Crippen MR) is 106 cm³/mol. The zero-order valence-electron chi connectivity index (χ0n) is 17.6. The second kappa shape index (κ2) is 6.79. The number of aromatic nitrogens is 3. The third-order valence-electron chi connectivity index (χ3n) is 7.15. The van der Waals surface area contributed by atoms with Gasteiger partial charge in [0.2, 0.25) is 0 Å². The van der Waals surface area contributed by atoms with Crippen LogP contribution in [0.2, 0.25) is 0 Å². The average molecular weight is 457 g/mol. The number of nitrogens with two attached hydrogens (primary N) is 1. The van der Waals surface area contributed by atoms with Crippen LogP contribution in [0.5, 0.6) is 5.75 Å². The molecule has 0 aromatic carbocycles. The van der Waals surface area contributed by atoms with E-state index in [1.165, 1.54) is 12.3 Å². The Balaban J connectivity index is 1.36. The molecule has 2 aromatic heterocycles. The van der Waals surface area contributed by atoms with Crippen LogP contribution in [-0.2, 0) is 12.0 Å². The number of halogens is 5. The Hall–Kier alpha value is -2.43. The number of hydrogen-bond donors (Lipinski definition) is 1. The van der Waals surface area contributed by atoms with Crippen molar-refractivity contribution in [1.82, 2.24) is 19.4 Å². The van der Waals surface area contributed by atoms with E-state index in [0.29, 0.717) is 30.8 Å². The Bertz CT molecular complexity index is 1020. The smallest absolute Gasteiger partial charge is 0.402 e. The molecule has 6 rings (SSSR count). The summed E-state index contributed by atoms with van der Waals surface area (Å²) in [4.78, 5) is 10.7. The molecule has 2 bridgehead atoms. The Morgan fingerprint density at radius 2 is 1.78 bits per heavy atom. The van der Waals surface area contributed by atoms with E-state index >= 15 is 0 Å². The number of likely N-dealkylation sites (tertiary alicyclic amines) is 1. The maximum absolute atomic E-state index is 13.5. The number of hydrogen-bond acceptors (Lipinski definition) is 5. The summed E-state index contributed by atoms with van der Waals surface area (Å²) in [5.74, 6) is -2.65. The lowest BCUT2D eigenvalue weighted by atomic mass is 9.43. The number of nitrogen functional groups attached to an aromatic ring is 1. The first-order valence-electron chi connectivity index (χ1n) is 10.7. The summed E-state index contributed by atoms with van der Waals surface area (Å²) in [5.41, 5.74) is 6.29. The van der Waals surface area contributed by atoms with Crippen LogP contribution in [0.15, 0.2) is 18.5 Å². The number of alkyl halides is 5. The molecule has 0 amide bonds. The number of aryl methyl sites for hydroxylation is 1. The molecule has 0 atom stereocenters. The fourth-order valence-electron chi connectivity index (χ4n) is 5.60. The second-order valence-electron chi connectivity index (χ2n) is 9.24. The Morgan fingerprint density at radius 1 is 1.12 bits per heavy atom. The van der Waals surface area contributed by atoms with Crippen LogP contribution in [-0.4, -0.2) is 50.3 Å². The van der Waals surface area contributed by atoms with Crippen molar-refractivity contribution in [1.29, 1.82) is 0 Å². The molecule has 3 saturated carbocycles. The molecule has 1 saturated heterocycles. The van der Waals surface area contributed by atoms with Crippen molar-refractivity contribution in [3.05, 3.63) is 24.3 Å². The van der Waals surface area contributed by atoms with E-state index in [1.54, 1.807) is 0 Å². The maximum Gasteiger partial charge on any atom is 0.573 e. The minimum Gasteiger partial charge on any atom is -0.402 e. The standard InChI is InChI=1S/C21H24F5N5O/c1-2-16-29-14(13-7-15(17(27)28-8-13)32-21(24,25)26)9-31(16)19-10-18(11-19,12-19)30-5-3-20(22,23)4-6-30/h7-9H,2-6,10-12H2,1H3,(H2,27,28). The zero-order valence-corrected chi connectivity index (χ0v) is 17.6. The van der Waals surface area contributed by atoms with Gasteiger partial charge >= 0.3 is 6.36 Å². The second-order valence-corrected chi connectivity index (χ2v) is 9.24. The highest BCUT2D eigenvalue weighted by atomic mass is 19.4. The topological polar surface area (TPSA) is 69.2 Å². The predicted octanol–water partition coefficient (Wildman–Crippen LogP) is 4.35. The maximum atomic E-state index is 13.5. The monoisotopic (exact) mass is 457 g/mol. The van der Waals surface area contributed by atoms with Crippen molar-refractivity contribution in [2.45, 2.75) is 68.8 Å². The Morgan fingerprint density at radius 3 is 2.38 bits per heavy atom. The van der Waals surface area contributed by atoms with Gasteiger partial charge in [-0.2, -0.15) is 0 Å². The van der Waals surface area contributed by atoms with Gasteiger partial charge in [0.15, 0.2) is 11.6 Å². The lowest BCUT2D eigenvalue weighted by molar-refractivity contribution is -0.274. The molecule has 0 unspecified atom stereocenters. The fourth-order valence-corrected chi connectivity index (χ4v) is 5.60. The van der Waals surface area contributed by atoms with Gasteiger partial charge in [-0.25, -0.2) is 18.7 Å². The van der Waals surface area contributed by atoms with Crippen molar-refractivity contribution in [3.8, 4) is 17.0 Å². The summed E-state index contributed by atoms with van der Waals surface area (Å²) < 4.78 is 71.1. The molecule has 4 fully saturated rings. The molecule has 2 N–H and O–H groups in total. The zero-order chi connectivity index (χ0) is 22.9. The lowest BCUT2D eigenvalue weighted by Crippen LogP contribution is -2.79. The number of pyridine rings is 1. The van der Waals surface area contributed by atoms with Crippen LogP contribution in [0.25, 0.3) is 11.3 Å². The molecule has 11 heteroatoms. The van der Waals surface area contributed by atoms with Crippen LogP contribution in [0, 0.1) is 0 Å². The van der Waals surface area contributed by atoms with E-state index < -0.39 is 18.0 Å². The van der Waals surface area contributed by atoms with Crippen molar-refractivity contribution >= 4 is 5.82 Å². The lowest BCUT2D eigenvalue weighted by Gasteiger charge is -2.75. The van der Waals surface area contributed by atoms with Gasteiger partial charge in [-0.1, -0.05) is 6.92 Å². The third-order valence-corrected chi connectivity index (χ3v) is 7.15. The first-order valence-corrected chi connectivity index (χ1v) is 10.7. The number of imidazole rings is 1. The van der Waals surface area contributed by atoms with Gasteiger partial charge in [-0.15, -0.1) is 13.2 Å². The molecule has 0 radical (unpaired) electrons. The summed E-state index contributed by atoms with van der Waals surface area (Å²) in [7, 11) is 0. The van der Waals surface area contributed by atoms with Crippen LogP contribution in [0.3, 0.4) is 0 Å². The van der Waals surface area contributed by atoms with E-state index in [2.05, 4.69) is 24.2 Å². The number of piperidine rings is 1. The van der Waals surface area contributed by atoms with Crippen LogP contribution < -0.4 is 10.5 Å². The summed E-state index contributed by atoms with van der Waals surface area (Å²) in [6.07, 6.45) is 1.43. The Labute approximate surface area is 181 Å². The van der Waals surface area contributed by atoms with E-state index in [0.717, 1.165) is 25.1 Å². The quantitative estimate of drug-likeness (QED) is 0.676. The van der Waals surface area contributed by atoms with Crippen molar-refractivity contribution in [3.63, 3.8) is 0 Å². The molecule has 3 heterocycles. The van der Waals surface area contributed by atoms with Crippen LogP contribution in [0.1, 0.15) is 44.9 Å². The van der Waals surface area contributed by atoms with E-state index in [-0.39, 0.29) is 29.7 Å². The number of rotatable bonds is 5. The highest BCUT2D eigenvalue weighted by molar-refractivity contribution is 5.64. The van der Waals surface area contributed by atoms with E-state index in [1.807, 2.05) is 13.1 Å². The number of anilines is 1. The molecular formula is C21H24F5N5O. The van der Waals surface area contributed by atoms with Gasteiger partial charge in [-0.05, 0) is 25.3 Å². The summed E-state index contributed by atoms with van der Waals surface area (Å²) in [5, 5.41) is 0. The molecular weight excluding hydrogens is 433 g/mol. The molecule has 2 aromatic rings. The normalized spacial score (nSPS) is 29.3. The molecule has 6 nitrogen and oxygen atoms in total. The van der Waals surface area contributed by atoms with E-state index in [9.17, 15) is 22.0 Å². The fraction of sp³-hybridized carbons (Fsp3) is 0.619. The largest absolute Gasteiger partial charge is 0.573 e. The average Bonchev–Trinajstić information content (AvgIpc) is 3.06. The molecule has 4 aliphatic rings. The SMILES string of the molecule is CCc1nc(-c2cnc(N)c(OC(F)(F)F)c2)cn1C12CC(N3CCC(F)(F)CC3)(C1)C2. The van der Waals surface area contributed by atoms with Gasteiger partial charge in [0.25, 0.3) is 5.92 Å². The summed E-state index contributed by atoms with van der Waals surface area (Å²) in [6, 6.07) is 1.19. The van der Waals surface area contributed by atoms with Gasteiger partial charge in [-0.3, -0.25) is 4.90 Å². The minimum absolute atomic E-state index is 0.0115. The van der Waals surface area contributed by atoms with Gasteiger partial charge < -0.3 is 15.0 Å². The highest BCUT2D eigenvalue weighted by Gasteiger charge is 2.71. The van der Waals surface area contributed by atoms with Gasteiger partial charge in [0, 0.05) is 55.8 Å². The molecule has 1 aliphatic heterocycles. The molecule has 0 spiro atoms. The first-order chi connectivity index (χ1) is 14.9. The minimum atomic E-state index is -4.87. The van der Waals surface area contributed by atoms with Crippen molar-refractivity contribution < 1.29 is 26.7 Å². The number of nitrogens with zero attached hydrogens (tertiary/aromatic N) is 4. The van der Waals surface area contributed by atoms with Gasteiger partial charge in [0.05, 0.1) is 11.2 Å². The Kier molecular flexibility index (Phi) is 4.54. The first kappa shape index (κ1) is 21.4. The highest BCUT2D eigenvalue weighted by Crippen LogP contribution is 2.68. The summed E-state index contributed by atoms with van der Waals surface area (Å²) >= 11 is 0. The van der Waals surface area contributed by atoms with Crippen LogP contribution >= 0.6 is 0 Å². The number of ether oxygens (including phenoxy) is 1. The van der Waals surface area contributed by atoms with Crippen molar-refractivity contribution in [2.24, 2.45) is 0 Å². The van der Waals surface area contributed by atoms with Crippen LogP contribution in [0.4, 0.5) is 27.8 Å². The van der Waals surface area contributed by atoms with Crippen molar-refractivity contribution in [2.75, 3.05) is 18.8 Å². The molecule has 3 aliphatic carbocycles. The molecule has 32 heavy (non-hydrogen) atoms. The van der Waals surface area contributed by atoms with E-state index in [4.69, 9.17) is 5.73 Å². The molecule has 174 valence electrons. The third kappa shape index (κ3) is 3.41.